The SMILES string of the molecule is C[C](CC(C)C)CC(C)(C)C. The predicted octanol–water partition coefficient (Wildman–Crippen LogP) is 4.06. The molecule has 0 aliphatic carbocycles. The fourth-order valence-electron chi connectivity index (χ4n) is 1.67. The van der Waals surface area contributed by atoms with Crippen molar-refractivity contribution < 1.29 is 0 Å². The zero-order valence-corrected chi connectivity index (χ0v) is 8.99. The van der Waals surface area contributed by atoms with Crippen LogP contribution in [0.4, 0.5) is 0 Å². The molecular formula is C11H23. The lowest BCUT2D eigenvalue weighted by Gasteiger charge is -2.23. The molecule has 0 aliphatic rings. The monoisotopic (exact) mass is 155 g/mol. The molecule has 0 aromatic rings. The van der Waals surface area contributed by atoms with Crippen molar-refractivity contribution >= 4 is 0 Å². The Bertz CT molecular complexity index is 95.1. The van der Waals surface area contributed by atoms with Gasteiger partial charge in [0.25, 0.3) is 0 Å². The Morgan fingerprint density at radius 1 is 1.18 bits per heavy atom. The van der Waals surface area contributed by atoms with Crippen molar-refractivity contribution in [3.05, 3.63) is 5.92 Å². The fraction of sp³-hybridized carbons (Fsp3) is 0.909. The van der Waals surface area contributed by atoms with Crippen LogP contribution in [0.1, 0.15) is 54.4 Å². The van der Waals surface area contributed by atoms with E-state index in [0.717, 1.165) is 5.92 Å². The molecule has 0 heteroatoms. The minimum Gasteiger partial charge on any atom is -0.0628 e. The van der Waals surface area contributed by atoms with Crippen molar-refractivity contribution in [3.8, 4) is 0 Å². The molecule has 0 atom stereocenters. The van der Waals surface area contributed by atoms with E-state index in [2.05, 4.69) is 41.5 Å². The molecular weight excluding hydrogens is 132 g/mol. The first kappa shape index (κ1) is 11.0. The second kappa shape index (κ2) is 4.13. The standard InChI is InChI=1S/C11H23/c1-9(2)7-10(3)8-11(4,5)6/h9H,7-8H2,1-6H3. The Balaban J connectivity index is 3.61. The van der Waals surface area contributed by atoms with Crippen LogP contribution in [0.25, 0.3) is 0 Å². The number of hydrogen-bond acceptors (Lipinski definition) is 0. The largest absolute Gasteiger partial charge is 0.0628 e. The molecule has 67 valence electrons. The van der Waals surface area contributed by atoms with Crippen LogP contribution in [0.2, 0.25) is 0 Å². The van der Waals surface area contributed by atoms with Gasteiger partial charge in [0.15, 0.2) is 0 Å². The Hall–Kier alpha value is 0. The van der Waals surface area contributed by atoms with E-state index in [1.54, 1.807) is 5.92 Å². The lowest BCUT2D eigenvalue weighted by atomic mass is 9.82. The van der Waals surface area contributed by atoms with Gasteiger partial charge in [0.2, 0.25) is 0 Å². The van der Waals surface area contributed by atoms with Gasteiger partial charge < -0.3 is 0 Å². The van der Waals surface area contributed by atoms with Gasteiger partial charge in [0, 0.05) is 0 Å². The van der Waals surface area contributed by atoms with E-state index in [4.69, 9.17) is 0 Å². The van der Waals surface area contributed by atoms with Crippen LogP contribution in [-0.4, -0.2) is 0 Å². The quantitative estimate of drug-likeness (QED) is 0.576. The molecule has 0 unspecified atom stereocenters. The van der Waals surface area contributed by atoms with Crippen LogP contribution >= 0.6 is 0 Å². The van der Waals surface area contributed by atoms with Crippen LogP contribution in [0, 0.1) is 17.3 Å². The molecule has 0 saturated carbocycles. The van der Waals surface area contributed by atoms with E-state index in [9.17, 15) is 0 Å². The highest BCUT2D eigenvalue weighted by Gasteiger charge is 2.15. The fourth-order valence-corrected chi connectivity index (χ4v) is 1.67. The zero-order chi connectivity index (χ0) is 9.07. The molecule has 0 heterocycles. The summed E-state index contributed by atoms with van der Waals surface area (Å²) in [6.07, 6.45) is 2.56. The maximum Gasteiger partial charge on any atom is -0.0264 e. The van der Waals surface area contributed by atoms with E-state index in [0.29, 0.717) is 5.41 Å². The highest BCUT2D eigenvalue weighted by Crippen LogP contribution is 2.28. The topological polar surface area (TPSA) is 0 Å². The van der Waals surface area contributed by atoms with E-state index in [-0.39, 0.29) is 0 Å². The van der Waals surface area contributed by atoms with Gasteiger partial charge in [0.1, 0.15) is 0 Å². The van der Waals surface area contributed by atoms with Crippen molar-refractivity contribution in [2.75, 3.05) is 0 Å². The summed E-state index contributed by atoms with van der Waals surface area (Å²) in [5.74, 6) is 2.46. The highest BCUT2D eigenvalue weighted by molar-refractivity contribution is 4.89. The van der Waals surface area contributed by atoms with Gasteiger partial charge in [0.05, 0.1) is 0 Å². The summed E-state index contributed by atoms with van der Waals surface area (Å²) >= 11 is 0. The lowest BCUT2D eigenvalue weighted by Crippen LogP contribution is -2.10. The Morgan fingerprint density at radius 3 is 1.91 bits per heavy atom. The highest BCUT2D eigenvalue weighted by atomic mass is 14.2. The third-order valence-electron chi connectivity index (χ3n) is 1.59. The summed E-state index contributed by atoms with van der Waals surface area (Å²) in [6.45, 7) is 13.8. The van der Waals surface area contributed by atoms with Gasteiger partial charge >= 0.3 is 0 Å². The van der Waals surface area contributed by atoms with Gasteiger partial charge in [-0.25, -0.2) is 0 Å². The third-order valence-corrected chi connectivity index (χ3v) is 1.59. The third kappa shape index (κ3) is 7.90. The maximum absolute atomic E-state index is 2.30. The van der Waals surface area contributed by atoms with Crippen LogP contribution in [-0.2, 0) is 0 Å². The Morgan fingerprint density at radius 2 is 1.64 bits per heavy atom. The molecule has 0 saturated heterocycles. The molecule has 0 bridgehead atoms. The summed E-state index contributed by atoms with van der Waals surface area (Å²) < 4.78 is 0. The van der Waals surface area contributed by atoms with Crippen molar-refractivity contribution in [2.24, 2.45) is 11.3 Å². The molecule has 0 aromatic heterocycles. The molecule has 0 nitrogen and oxygen atoms in total. The van der Waals surface area contributed by atoms with Gasteiger partial charge in [-0.05, 0) is 30.1 Å². The maximum atomic E-state index is 2.30. The van der Waals surface area contributed by atoms with Crippen LogP contribution < -0.4 is 0 Å². The smallest absolute Gasteiger partial charge is 0.0264 e. The minimum atomic E-state index is 0.471. The number of rotatable bonds is 3. The molecule has 11 heavy (non-hydrogen) atoms. The van der Waals surface area contributed by atoms with Gasteiger partial charge in [-0.2, -0.15) is 0 Å². The molecule has 0 N–H and O–H groups in total. The molecule has 0 aliphatic heterocycles. The first-order valence-corrected chi connectivity index (χ1v) is 4.62. The van der Waals surface area contributed by atoms with E-state index < -0.39 is 0 Å². The van der Waals surface area contributed by atoms with E-state index in [1.165, 1.54) is 12.8 Å². The molecule has 1 radical (unpaired) electrons. The van der Waals surface area contributed by atoms with Crippen LogP contribution in [0.5, 0.6) is 0 Å². The zero-order valence-electron chi connectivity index (χ0n) is 8.99. The van der Waals surface area contributed by atoms with Gasteiger partial charge in [-0.15, -0.1) is 0 Å². The van der Waals surface area contributed by atoms with Crippen LogP contribution in [0.3, 0.4) is 0 Å². The van der Waals surface area contributed by atoms with Crippen molar-refractivity contribution in [1.29, 1.82) is 0 Å². The summed E-state index contributed by atoms with van der Waals surface area (Å²) in [6, 6.07) is 0. The average molecular weight is 155 g/mol. The van der Waals surface area contributed by atoms with Gasteiger partial charge in [-0.3, -0.25) is 0 Å². The molecule has 0 rings (SSSR count). The summed E-state index contributed by atoms with van der Waals surface area (Å²) in [5, 5.41) is 0. The molecule has 0 aromatic carbocycles. The second-order valence-corrected chi connectivity index (χ2v) is 5.29. The molecule has 0 amide bonds. The molecule has 0 fully saturated rings. The molecule has 0 spiro atoms. The average Bonchev–Trinajstić information content (AvgIpc) is 1.53. The minimum absolute atomic E-state index is 0.471. The Kier molecular flexibility index (Phi) is 4.13. The summed E-state index contributed by atoms with van der Waals surface area (Å²) in [4.78, 5) is 0. The van der Waals surface area contributed by atoms with E-state index in [1.807, 2.05) is 0 Å². The predicted molar refractivity (Wildman–Crippen MR) is 52.4 cm³/mol. The van der Waals surface area contributed by atoms with Gasteiger partial charge in [-0.1, -0.05) is 41.5 Å². The second-order valence-electron chi connectivity index (χ2n) is 5.29. The van der Waals surface area contributed by atoms with Crippen molar-refractivity contribution in [3.63, 3.8) is 0 Å². The van der Waals surface area contributed by atoms with Crippen molar-refractivity contribution in [1.82, 2.24) is 0 Å². The van der Waals surface area contributed by atoms with Crippen LogP contribution in [0.15, 0.2) is 0 Å². The summed E-state index contributed by atoms with van der Waals surface area (Å²) in [7, 11) is 0. The first-order valence-electron chi connectivity index (χ1n) is 4.62. The van der Waals surface area contributed by atoms with E-state index >= 15 is 0 Å². The van der Waals surface area contributed by atoms with Crippen molar-refractivity contribution in [2.45, 2.75) is 54.4 Å². The number of hydrogen-bond donors (Lipinski definition) is 0. The first-order chi connectivity index (χ1) is 4.81. The lowest BCUT2D eigenvalue weighted by molar-refractivity contribution is 0.369. The Labute approximate surface area is 72.4 Å². The normalized spacial score (nSPS) is 13.1. The summed E-state index contributed by atoms with van der Waals surface area (Å²) in [5.41, 5.74) is 0.471.